The van der Waals surface area contributed by atoms with Crippen molar-refractivity contribution in [1.82, 2.24) is 20.0 Å². The molecule has 0 fully saturated rings. The van der Waals surface area contributed by atoms with Gasteiger partial charge in [-0.1, -0.05) is 48.0 Å². The molecule has 7 heteroatoms. The molecule has 34 heavy (non-hydrogen) atoms. The van der Waals surface area contributed by atoms with Crippen LogP contribution in [0.1, 0.15) is 39.2 Å². The third-order valence-corrected chi connectivity index (χ3v) is 5.94. The van der Waals surface area contributed by atoms with Crippen LogP contribution in [0.2, 0.25) is 0 Å². The first kappa shape index (κ1) is 25.2. The summed E-state index contributed by atoms with van der Waals surface area (Å²) in [5.41, 5.74) is 8.22. The molecule has 1 aromatic heterocycles. The summed E-state index contributed by atoms with van der Waals surface area (Å²) in [4.78, 5) is 26.8. The third kappa shape index (κ3) is 6.54. The number of likely N-dealkylation sites (N-methyl/N-ethyl adjacent to an activating group) is 1. The Morgan fingerprint density at radius 1 is 0.941 bits per heavy atom. The highest BCUT2D eigenvalue weighted by Crippen LogP contribution is 2.21. The van der Waals surface area contributed by atoms with E-state index in [1.54, 1.807) is 11.9 Å². The van der Waals surface area contributed by atoms with Crippen LogP contribution in [-0.2, 0) is 22.7 Å². The molecule has 0 unspecified atom stereocenters. The maximum absolute atomic E-state index is 12.5. The zero-order chi connectivity index (χ0) is 24.8. The summed E-state index contributed by atoms with van der Waals surface area (Å²) >= 11 is 0. The lowest BCUT2D eigenvalue weighted by molar-refractivity contribution is -0.123. The van der Waals surface area contributed by atoms with Gasteiger partial charge in [0.1, 0.15) is 0 Å². The highest BCUT2D eigenvalue weighted by atomic mass is 16.2. The average molecular weight is 462 g/mol. The second-order valence-electron chi connectivity index (χ2n) is 9.06. The number of rotatable bonds is 9. The number of hydrogen-bond acceptors (Lipinski definition) is 4. The second-order valence-corrected chi connectivity index (χ2v) is 9.06. The lowest BCUT2D eigenvalue weighted by Crippen LogP contribution is -2.39. The van der Waals surface area contributed by atoms with Crippen molar-refractivity contribution in [3.8, 4) is 0 Å². The molecule has 2 amide bonds. The largest absolute Gasteiger partial charge is 0.351 e. The van der Waals surface area contributed by atoms with Crippen molar-refractivity contribution >= 4 is 17.5 Å². The fraction of sp³-hybridized carbons (Fsp3) is 0.370. The van der Waals surface area contributed by atoms with E-state index >= 15 is 0 Å². The Morgan fingerprint density at radius 2 is 1.56 bits per heavy atom. The van der Waals surface area contributed by atoms with Gasteiger partial charge in [0.2, 0.25) is 11.8 Å². The Bertz CT molecular complexity index is 1140. The van der Waals surface area contributed by atoms with E-state index in [1.165, 1.54) is 5.56 Å². The third-order valence-electron chi connectivity index (χ3n) is 5.94. The van der Waals surface area contributed by atoms with Gasteiger partial charge in [0.25, 0.3) is 0 Å². The summed E-state index contributed by atoms with van der Waals surface area (Å²) in [5, 5.41) is 10.6. The van der Waals surface area contributed by atoms with E-state index in [0.717, 1.165) is 39.3 Å². The minimum atomic E-state index is -0.140. The molecule has 0 saturated carbocycles. The van der Waals surface area contributed by atoms with Crippen LogP contribution < -0.4 is 10.6 Å². The van der Waals surface area contributed by atoms with Gasteiger partial charge < -0.3 is 10.6 Å². The molecule has 0 aliphatic carbocycles. The number of nitrogens with one attached hydrogen (secondary N) is 2. The molecule has 3 aromatic rings. The van der Waals surface area contributed by atoms with Crippen molar-refractivity contribution in [3.63, 3.8) is 0 Å². The van der Waals surface area contributed by atoms with Crippen LogP contribution in [0.3, 0.4) is 0 Å². The predicted octanol–water partition coefficient (Wildman–Crippen LogP) is 3.66. The summed E-state index contributed by atoms with van der Waals surface area (Å²) in [7, 11) is 1.77. The molecule has 0 atom stereocenters. The fourth-order valence-electron chi connectivity index (χ4n) is 4.25. The van der Waals surface area contributed by atoms with Gasteiger partial charge in [-0.3, -0.25) is 19.2 Å². The van der Waals surface area contributed by atoms with Crippen LogP contribution in [0, 0.1) is 34.6 Å². The number of carbonyl (C=O) groups is 2. The molecule has 0 aliphatic rings. The van der Waals surface area contributed by atoms with Crippen LogP contribution >= 0.6 is 0 Å². The summed E-state index contributed by atoms with van der Waals surface area (Å²) in [5.74, 6) is -0.271. The van der Waals surface area contributed by atoms with Gasteiger partial charge in [0, 0.05) is 23.5 Å². The first-order valence-electron chi connectivity index (χ1n) is 11.5. The minimum absolute atomic E-state index is 0.132. The quantitative estimate of drug-likeness (QED) is 0.510. The number of anilines is 1. The Kier molecular flexibility index (Phi) is 8.23. The number of nitrogens with zero attached hydrogens (tertiary/aromatic N) is 3. The maximum Gasteiger partial charge on any atom is 0.238 e. The van der Waals surface area contributed by atoms with Gasteiger partial charge in [-0.25, -0.2) is 0 Å². The lowest BCUT2D eigenvalue weighted by atomic mass is 10.1. The van der Waals surface area contributed by atoms with E-state index < -0.39 is 0 Å². The first-order valence-corrected chi connectivity index (χ1v) is 11.5. The molecule has 7 nitrogen and oxygen atoms in total. The number of aromatic nitrogens is 2. The highest BCUT2D eigenvalue weighted by Gasteiger charge is 2.16. The van der Waals surface area contributed by atoms with Gasteiger partial charge in [0.05, 0.1) is 25.3 Å². The van der Waals surface area contributed by atoms with Crippen LogP contribution in [0.4, 0.5) is 5.69 Å². The second kappa shape index (κ2) is 11.1. The Balaban J connectivity index is 1.51. The Labute approximate surface area is 202 Å². The van der Waals surface area contributed by atoms with Crippen molar-refractivity contribution in [2.45, 2.75) is 47.7 Å². The molecule has 2 N–H and O–H groups in total. The molecular weight excluding hydrogens is 426 g/mol. The van der Waals surface area contributed by atoms with E-state index in [4.69, 9.17) is 0 Å². The maximum atomic E-state index is 12.5. The molecule has 0 saturated heterocycles. The molecule has 0 radical (unpaired) electrons. The Morgan fingerprint density at radius 3 is 2.21 bits per heavy atom. The predicted molar refractivity (Wildman–Crippen MR) is 136 cm³/mol. The van der Waals surface area contributed by atoms with Crippen molar-refractivity contribution in [3.05, 3.63) is 81.7 Å². The van der Waals surface area contributed by atoms with E-state index in [-0.39, 0.29) is 24.9 Å². The number of aryl methyl sites for hydroxylation is 4. The van der Waals surface area contributed by atoms with Gasteiger partial charge in [0.15, 0.2) is 0 Å². The number of amides is 2. The van der Waals surface area contributed by atoms with Gasteiger partial charge in [-0.2, -0.15) is 5.10 Å². The molecule has 0 spiro atoms. The van der Waals surface area contributed by atoms with E-state index in [0.29, 0.717) is 13.1 Å². The summed E-state index contributed by atoms with van der Waals surface area (Å²) in [6.07, 6.45) is 0. The summed E-state index contributed by atoms with van der Waals surface area (Å²) in [6, 6.07) is 14.3. The van der Waals surface area contributed by atoms with Crippen molar-refractivity contribution in [2.24, 2.45) is 0 Å². The van der Waals surface area contributed by atoms with E-state index in [1.807, 2.05) is 69.6 Å². The zero-order valence-electron chi connectivity index (χ0n) is 21.0. The van der Waals surface area contributed by atoms with Crippen LogP contribution in [0.5, 0.6) is 0 Å². The van der Waals surface area contributed by atoms with Crippen LogP contribution in [-0.4, -0.2) is 46.6 Å². The number of hydrogen-bond donors (Lipinski definition) is 2. The van der Waals surface area contributed by atoms with Crippen LogP contribution in [0.15, 0.2) is 42.5 Å². The highest BCUT2D eigenvalue weighted by molar-refractivity contribution is 5.94. The number of benzene rings is 2. The molecule has 0 aliphatic heterocycles. The number of carbonyl (C=O) groups excluding carboxylic acids is 2. The smallest absolute Gasteiger partial charge is 0.238 e. The normalized spacial score (nSPS) is 11.0. The fourth-order valence-corrected chi connectivity index (χ4v) is 4.25. The van der Waals surface area contributed by atoms with Gasteiger partial charge in [-0.05, 0) is 58.4 Å². The minimum Gasteiger partial charge on any atom is -0.351 e. The van der Waals surface area contributed by atoms with Crippen molar-refractivity contribution in [1.29, 1.82) is 0 Å². The summed E-state index contributed by atoms with van der Waals surface area (Å²) < 4.78 is 1.97. The summed E-state index contributed by atoms with van der Waals surface area (Å²) in [6.45, 7) is 11.4. The first-order chi connectivity index (χ1) is 16.1. The van der Waals surface area contributed by atoms with Gasteiger partial charge >= 0.3 is 0 Å². The SMILES string of the molecule is Cc1cc(C)c(NC(=O)CN(C)CC(=O)NCc2c(C)nn(Cc3ccccc3)c2C)c(C)c1. The van der Waals surface area contributed by atoms with Crippen molar-refractivity contribution < 1.29 is 9.59 Å². The van der Waals surface area contributed by atoms with Crippen LogP contribution in [0.25, 0.3) is 0 Å². The van der Waals surface area contributed by atoms with E-state index in [2.05, 4.69) is 27.9 Å². The zero-order valence-corrected chi connectivity index (χ0v) is 21.0. The van der Waals surface area contributed by atoms with Gasteiger partial charge in [-0.15, -0.1) is 0 Å². The Hall–Kier alpha value is -3.45. The molecule has 2 aromatic carbocycles. The average Bonchev–Trinajstić information content (AvgIpc) is 3.02. The molecule has 1 heterocycles. The van der Waals surface area contributed by atoms with Crippen molar-refractivity contribution in [2.75, 3.05) is 25.5 Å². The topological polar surface area (TPSA) is 79.3 Å². The monoisotopic (exact) mass is 461 g/mol. The standard InChI is InChI=1S/C27H35N5O2/c1-18-12-19(2)27(20(3)13-18)29-26(34)17-31(6)16-25(33)28-14-24-21(4)30-32(22(24)5)15-23-10-8-7-9-11-23/h7-13H,14-17H2,1-6H3,(H,28,33)(H,29,34). The molecule has 3 rings (SSSR count). The molecule has 180 valence electrons. The lowest BCUT2D eigenvalue weighted by Gasteiger charge is -2.18. The molecule has 0 bridgehead atoms. The molecular formula is C27H35N5O2. The van der Waals surface area contributed by atoms with E-state index in [9.17, 15) is 9.59 Å².